The number of fused-ring (bicyclic) bond motifs is 2. The van der Waals surface area contributed by atoms with Crippen molar-refractivity contribution in [1.82, 2.24) is 5.32 Å². The molecule has 0 bridgehead atoms. The van der Waals surface area contributed by atoms with E-state index in [1.807, 2.05) is 12.1 Å². The third-order valence-electron chi connectivity index (χ3n) is 6.30. The lowest BCUT2D eigenvalue weighted by molar-refractivity contribution is -0.280. The highest BCUT2D eigenvalue weighted by Gasteiger charge is 2.64. The maximum atomic E-state index is 14.5. The van der Waals surface area contributed by atoms with Crippen LogP contribution in [0.5, 0.6) is 5.75 Å². The maximum Gasteiger partial charge on any atom is 0.419 e. The summed E-state index contributed by atoms with van der Waals surface area (Å²) in [5.41, 5.74) is -4.30. The van der Waals surface area contributed by atoms with Crippen molar-refractivity contribution < 1.29 is 32.2 Å². The van der Waals surface area contributed by atoms with Gasteiger partial charge in [-0.25, -0.2) is 4.39 Å². The zero-order valence-electron chi connectivity index (χ0n) is 18.3. The van der Waals surface area contributed by atoms with Crippen LogP contribution in [0.4, 0.5) is 17.6 Å². The number of alkyl halides is 3. The molecule has 4 rings (SSSR count). The lowest BCUT2D eigenvalue weighted by Crippen LogP contribution is -2.60. The number of carbonyl (C=O) groups is 1. The molecule has 4 nitrogen and oxygen atoms in total. The fraction of sp³-hybridized carbons (Fsp3) is 0.320. The Morgan fingerprint density at radius 2 is 1.76 bits per heavy atom. The summed E-state index contributed by atoms with van der Waals surface area (Å²) in [7, 11) is 1.22. The normalized spacial score (nSPS) is 22.0. The molecule has 33 heavy (non-hydrogen) atoms. The fourth-order valence-electron chi connectivity index (χ4n) is 4.84. The largest absolute Gasteiger partial charge is 0.493 e. The summed E-state index contributed by atoms with van der Waals surface area (Å²) in [4.78, 5) is 13.1. The number of methoxy groups -OCH3 is 1. The van der Waals surface area contributed by atoms with Crippen LogP contribution in [0.25, 0.3) is 10.8 Å². The van der Waals surface area contributed by atoms with Gasteiger partial charge < -0.3 is 15.2 Å². The zero-order valence-corrected chi connectivity index (χ0v) is 18.3. The Hall–Kier alpha value is -3.13. The Balaban J connectivity index is 1.85. The molecular weight excluding hydrogens is 438 g/mol. The second kappa shape index (κ2) is 7.73. The molecule has 0 aromatic heterocycles. The molecule has 0 saturated heterocycles. The van der Waals surface area contributed by atoms with Crippen molar-refractivity contribution in [1.29, 1.82) is 0 Å². The van der Waals surface area contributed by atoms with Crippen LogP contribution in [0, 0.1) is 5.82 Å². The van der Waals surface area contributed by atoms with Gasteiger partial charge in [-0.2, -0.15) is 13.2 Å². The number of aliphatic hydroxyl groups is 1. The van der Waals surface area contributed by atoms with E-state index >= 15 is 0 Å². The van der Waals surface area contributed by atoms with Gasteiger partial charge in [0.15, 0.2) is 17.2 Å². The topological polar surface area (TPSA) is 58.6 Å². The van der Waals surface area contributed by atoms with Gasteiger partial charge in [-0.05, 0) is 46.4 Å². The van der Waals surface area contributed by atoms with Crippen LogP contribution in [0.15, 0.2) is 54.6 Å². The quantitative estimate of drug-likeness (QED) is 0.511. The minimum absolute atomic E-state index is 0.0431. The molecule has 3 aromatic rings. The molecule has 0 spiro atoms. The summed E-state index contributed by atoms with van der Waals surface area (Å²) < 4.78 is 62.3. The number of ether oxygens (including phenoxy) is 1. The van der Waals surface area contributed by atoms with E-state index in [0.717, 1.165) is 22.9 Å². The van der Waals surface area contributed by atoms with E-state index in [1.54, 1.807) is 24.3 Å². The van der Waals surface area contributed by atoms with Crippen molar-refractivity contribution in [3.05, 3.63) is 77.1 Å². The van der Waals surface area contributed by atoms with Crippen LogP contribution in [0.2, 0.25) is 0 Å². The van der Waals surface area contributed by atoms with E-state index in [1.165, 1.54) is 27.0 Å². The highest BCUT2D eigenvalue weighted by atomic mass is 19.4. The van der Waals surface area contributed by atoms with Crippen molar-refractivity contribution >= 4 is 16.7 Å². The first-order chi connectivity index (χ1) is 15.4. The average Bonchev–Trinajstić information content (AvgIpc) is 2.75. The SMILES string of the molecule is COc1c(F)ccc2c1C(C)(C)C[C@@](O)(C(F)(F)F)[C@@H]2NC(=O)c1ccc2ccccc2c1. The summed E-state index contributed by atoms with van der Waals surface area (Å²) in [6, 6.07) is 12.3. The first-order valence-electron chi connectivity index (χ1n) is 10.3. The lowest BCUT2D eigenvalue weighted by atomic mass is 9.63. The Morgan fingerprint density at radius 3 is 2.39 bits per heavy atom. The van der Waals surface area contributed by atoms with Gasteiger partial charge in [0.05, 0.1) is 13.2 Å². The van der Waals surface area contributed by atoms with E-state index < -0.39 is 41.4 Å². The Kier molecular flexibility index (Phi) is 5.40. The molecule has 2 atom stereocenters. The zero-order chi connectivity index (χ0) is 24.2. The number of rotatable bonds is 3. The third-order valence-corrected chi connectivity index (χ3v) is 6.30. The van der Waals surface area contributed by atoms with Crippen molar-refractivity contribution in [2.75, 3.05) is 7.11 Å². The summed E-state index contributed by atoms with van der Waals surface area (Å²) in [5.74, 6) is -1.73. The first kappa shape index (κ1) is 23.0. The number of carbonyl (C=O) groups excluding carboxylic acids is 1. The molecule has 0 saturated carbocycles. The van der Waals surface area contributed by atoms with Gasteiger partial charge >= 0.3 is 6.18 Å². The molecule has 2 N–H and O–H groups in total. The minimum Gasteiger partial charge on any atom is -0.493 e. The van der Waals surface area contributed by atoms with E-state index in [4.69, 9.17) is 4.74 Å². The highest BCUT2D eigenvalue weighted by Crippen LogP contribution is 2.55. The smallest absolute Gasteiger partial charge is 0.419 e. The van der Waals surface area contributed by atoms with Crippen LogP contribution in [0.1, 0.15) is 47.8 Å². The Labute approximate surface area is 188 Å². The molecule has 8 heteroatoms. The van der Waals surface area contributed by atoms with Crippen LogP contribution < -0.4 is 10.1 Å². The van der Waals surface area contributed by atoms with Gasteiger partial charge in [-0.15, -0.1) is 0 Å². The Morgan fingerprint density at radius 1 is 1.09 bits per heavy atom. The number of benzene rings is 3. The van der Waals surface area contributed by atoms with Crippen molar-refractivity contribution in [3.63, 3.8) is 0 Å². The van der Waals surface area contributed by atoms with E-state index in [9.17, 15) is 27.5 Å². The summed E-state index contributed by atoms with van der Waals surface area (Å²) in [6.07, 6.45) is -5.86. The van der Waals surface area contributed by atoms with Crippen LogP contribution in [-0.2, 0) is 5.41 Å². The van der Waals surface area contributed by atoms with Gasteiger partial charge in [0, 0.05) is 11.1 Å². The van der Waals surface area contributed by atoms with Crippen LogP contribution in [-0.4, -0.2) is 29.9 Å². The van der Waals surface area contributed by atoms with E-state index in [2.05, 4.69) is 5.32 Å². The predicted octanol–water partition coefficient (Wildman–Crippen LogP) is 5.43. The summed E-state index contributed by atoms with van der Waals surface area (Å²) >= 11 is 0. The number of hydrogen-bond donors (Lipinski definition) is 2. The average molecular weight is 461 g/mol. The molecule has 0 aliphatic heterocycles. The fourth-order valence-corrected chi connectivity index (χ4v) is 4.84. The molecule has 0 heterocycles. The maximum absolute atomic E-state index is 14.5. The molecule has 174 valence electrons. The van der Waals surface area contributed by atoms with Crippen molar-refractivity contribution in [2.24, 2.45) is 0 Å². The van der Waals surface area contributed by atoms with Gasteiger partial charge in [0.25, 0.3) is 5.91 Å². The van der Waals surface area contributed by atoms with Gasteiger partial charge in [0.2, 0.25) is 0 Å². The number of halogens is 4. The molecule has 0 radical (unpaired) electrons. The number of amides is 1. The molecule has 3 aromatic carbocycles. The van der Waals surface area contributed by atoms with E-state index in [0.29, 0.717) is 0 Å². The molecule has 1 amide bonds. The molecule has 1 aliphatic carbocycles. The molecule has 0 fully saturated rings. The highest BCUT2D eigenvalue weighted by molar-refractivity contribution is 5.98. The van der Waals surface area contributed by atoms with E-state index in [-0.39, 0.29) is 22.4 Å². The third kappa shape index (κ3) is 3.72. The van der Waals surface area contributed by atoms with Gasteiger partial charge in [-0.3, -0.25) is 4.79 Å². The summed E-state index contributed by atoms with van der Waals surface area (Å²) in [6.45, 7) is 2.96. The van der Waals surface area contributed by atoms with Crippen LogP contribution >= 0.6 is 0 Å². The summed E-state index contributed by atoms with van der Waals surface area (Å²) in [5, 5.41) is 15.0. The number of nitrogens with one attached hydrogen (secondary N) is 1. The van der Waals surface area contributed by atoms with Gasteiger partial charge in [-0.1, -0.05) is 50.2 Å². The second-order valence-electron chi connectivity index (χ2n) is 9.00. The molecular formula is C25H23F4NO3. The lowest BCUT2D eigenvalue weighted by Gasteiger charge is -2.49. The first-order valence-corrected chi connectivity index (χ1v) is 10.3. The van der Waals surface area contributed by atoms with Crippen molar-refractivity contribution in [3.8, 4) is 5.75 Å². The van der Waals surface area contributed by atoms with Crippen LogP contribution in [0.3, 0.4) is 0 Å². The molecule has 0 unspecified atom stereocenters. The number of hydrogen-bond acceptors (Lipinski definition) is 3. The predicted molar refractivity (Wildman–Crippen MR) is 116 cm³/mol. The van der Waals surface area contributed by atoms with Gasteiger partial charge in [0.1, 0.15) is 0 Å². The Bertz CT molecular complexity index is 1240. The minimum atomic E-state index is -5.06. The monoisotopic (exact) mass is 461 g/mol. The molecule has 1 aliphatic rings. The standard InChI is InChI=1S/C25H23F4NO3/c1-23(2)13-24(32,25(27,28)29)21(17-10-11-18(26)20(33-3)19(17)23)30-22(31)16-9-8-14-6-4-5-7-15(14)12-16/h4-12,21,32H,13H2,1-3H3,(H,30,31)/t21-,24+/m1/s1. The second-order valence-corrected chi connectivity index (χ2v) is 9.00. The van der Waals surface area contributed by atoms with Crippen molar-refractivity contribution in [2.45, 2.75) is 43.5 Å².